The molecule has 0 radical (unpaired) electrons. The number of anilines is 1. The number of rotatable bonds is 5. The molecule has 128 valence electrons. The third-order valence-corrected chi connectivity index (χ3v) is 4.69. The Kier molecular flexibility index (Phi) is 5.30. The lowest BCUT2D eigenvalue weighted by atomic mass is 9.86. The van der Waals surface area contributed by atoms with Crippen LogP contribution in [0.2, 0.25) is 0 Å². The molecule has 1 amide bonds. The van der Waals surface area contributed by atoms with Crippen LogP contribution >= 0.6 is 0 Å². The van der Waals surface area contributed by atoms with E-state index in [0.29, 0.717) is 17.6 Å². The van der Waals surface area contributed by atoms with Crippen LogP contribution in [0.25, 0.3) is 0 Å². The Morgan fingerprint density at radius 1 is 1.21 bits per heavy atom. The highest BCUT2D eigenvalue weighted by Gasteiger charge is 2.26. The van der Waals surface area contributed by atoms with Crippen LogP contribution in [-0.2, 0) is 4.79 Å². The van der Waals surface area contributed by atoms with E-state index in [-0.39, 0.29) is 11.9 Å². The van der Waals surface area contributed by atoms with E-state index in [1.807, 2.05) is 30.3 Å². The molecule has 0 unspecified atom stereocenters. The van der Waals surface area contributed by atoms with Crippen LogP contribution in [0.3, 0.4) is 0 Å². The van der Waals surface area contributed by atoms with Gasteiger partial charge in [-0.2, -0.15) is 0 Å². The number of amides is 1. The Morgan fingerprint density at radius 3 is 2.54 bits per heavy atom. The van der Waals surface area contributed by atoms with Crippen LogP contribution < -0.4 is 10.6 Å². The number of carbonyl (C=O) groups excluding carboxylic acids is 1. The van der Waals surface area contributed by atoms with Crippen molar-refractivity contribution in [3.8, 4) is 0 Å². The van der Waals surface area contributed by atoms with Crippen LogP contribution in [-0.4, -0.2) is 17.1 Å². The smallest absolute Gasteiger partial charge is 0.247 e. The number of carbonyl (C=O) groups is 1. The molecule has 0 spiro atoms. The van der Waals surface area contributed by atoms with Gasteiger partial charge in [0.1, 0.15) is 11.8 Å². The Bertz CT molecular complexity index is 660. The van der Waals surface area contributed by atoms with Crippen LogP contribution in [0, 0.1) is 12.8 Å². The topological polar surface area (TPSA) is 67.2 Å². The molecular formula is C19H25N3O2. The first-order valence-electron chi connectivity index (χ1n) is 8.67. The molecule has 1 atom stereocenters. The number of hydrogen-bond acceptors (Lipinski definition) is 4. The van der Waals surface area contributed by atoms with E-state index < -0.39 is 0 Å². The van der Waals surface area contributed by atoms with Crippen molar-refractivity contribution < 1.29 is 9.32 Å². The second-order valence-electron chi connectivity index (χ2n) is 6.78. The first-order valence-corrected chi connectivity index (χ1v) is 8.67. The van der Waals surface area contributed by atoms with E-state index in [2.05, 4.69) is 22.7 Å². The average molecular weight is 327 g/mol. The fourth-order valence-corrected chi connectivity index (χ4v) is 3.25. The molecule has 1 aliphatic carbocycles. The molecule has 2 N–H and O–H groups in total. The molecule has 1 heterocycles. The molecule has 2 aromatic rings. The quantitative estimate of drug-likeness (QED) is 0.876. The fraction of sp³-hybridized carbons (Fsp3) is 0.474. The van der Waals surface area contributed by atoms with E-state index in [4.69, 9.17) is 4.52 Å². The molecule has 24 heavy (non-hydrogen) atoms. The van der Waals surface area contributed by atoms with Crippen molar-refractivity contribution in [1.82, 2.24) is 10.5 Å². The maximum absolute atomic E-state index is 12.8. The predicted molar refractivity (Wildman–Crippen MR) is 93.6 cm³/mol. The van der Waals surface area contributed by atoms with Gasteiger partial charge >= 0.3 is 0 Å². The van der Waals surface area contributed by atoms with Gasteiger partial charge in [0, 0.05) is 12.1 Å². The molecule has 0 aliphatic heterocycles. The van der Waals surface area contributed by atoms with E-state index >= 15 is 0 Å². The second-order valence-corrected chi connectivity index (χ2v) is 6.78. The summed E-state index contributed by atoms with van der Waals surface area (Å²) in [5, 5.41) is 10.3. The van der Waals surface area contributed by atoms with Gasteiger partial charge < -0.3 is 9.84 Å². The highest BCUT2D eigenvalue weighted by atomic mass is 16.5. The number of nitrogens with zero attached hydrogens (tertiary/aromatic N) is 1. The highest BCUT2D eigenvalue weighted by Crippen LogP contribution is 2.26. The van der Waals surface area contributed by atoms with Gasteiger partial charge in [0.05, 0.1) is 0 Å². The standard InChI is InChI=1S/C19H25N3O2/c1-13-8-10-16(11-9-13)20-18(15-6-4-3-5-7-15)19(23)21-17-12-14(2)24-22-17/h3-7,12-13,16,18,20H,8-11H2,1-2H3,(H,21,22,23)/t13?,16?,18-/m1/s1. The highest BCUT2D eigenvalue weighted by molar-refractivity contribution is 5.94. The summed E-state index contributed by atoms with van der Waals surface area (Å²) in [7, 11) is 0. The SMILES string of the molecule is Cc1cc(NC(=O)[C@H](NC2CCC(C)CC2)c2ccccc2)no1. The summed E-state index contributed by atoms with van der Waals surface area (Å²) in [6.45, 7) is 4.10. The minimum atomic E-state index is -0.387. The molecule has 0 bridgehead atoms. The van der Waals surface area contributed by atoms with Crippen molar-refractivity contribution in [2.24, 2.45) is 5.92 Å². The Balaban J connectivity index is 1.73. The summed E-state index contributed by atoms with van der Waals surface area (Å²) in [6, 6.07) is 11.6. The predicted octanol–water partition coefficient (Wildman–Crippen LogP) is 3.83. The molecular weight excluding hydrogens is 302 g/mol. The van der Waals surface area contributed by atoms with Gasteiger partial charge in [-0.05, 0) is 44.1 Å². The number of aromatic nitrogens is 1. The summed E-state index contributed by atoms with van der Waals surface area (Å²) < 4.78 is 5.03. The van der Waals surface area contributed by atoms with Crippen molar-refractivity contribution in [3.63, 3.8) is 0 Å². The molecule has 1 saturated carbocycles. The van der Waals surface area contributed by atoms with E-state index in [0.717, 1.165) is 24.3 Å². The third kappa shape index (κ3) is 4.23. The van der Waals surface area contributed by atoms with Gasteiger partial charge in [-0.1, -0.05) is 42.4 Å². The monoisotopic (exact) mass is 327 g/mol. The molecule has 1 fully saturated rings. The van der Waals surface area contributed by atoms with E-state index in [1.54, 1.807) is 13.0 Å². The minimum Gasteiger partial charge on any atom is -0.360 e. The zero-order valence-electron chi connectivity index (χ0n) is 14.3. The molecule has 1 aliphatic rings. The maximum atomic E-state index is 12.8. The third-order valence-electron chi connectivity index (χ3n) is 4.69. The van der Waals surface area contributed by atoms with Crippen molar-refractivity contribution in [1.29, 1.82) is 0 Å². The minimum absolute atomic E-state index is 0.104. The van der Waals surface area contributed by atoms with Crippen molar-refractivity contribution >= 4 is 11.7 Å². The molecule has 3 rings (SSSR count). The normalized spacial score (nSPS) is 22.1. The average Bonchev–Trinajstić information content (AvgIpc) is 3.00. The molecule has 5 heteroatoms. The summed E-state index contributed by atoms with van der Waals surface area (Å²) in [6.07, 6.45) is 4.65. The Morgan fingerprint density at radius 2 is 1.92 bits per heavy atom. The van der Waals surface area contributed by atoms with Gasteiger partial charge in [-0.25, -0.2) is 0 Å². The van der Waals surface area contributed by atoms with Gasteiger partial charge in [-0.3, -0.25) is 10.1 Å². The lowest BCUT2D eigenvalue weighted by molar-refractivity contribution is -0.118. The summed E-state index contributed by atoms with van der Waals surface area (Å²) in [5.74, 6) is 1.81. The number of hydrogen-bond donors (Lipinski definition) is 2. The van der Waals surface area contributed by atoms with Crippen LogP contribution in [0.4, 0.5) is 5.82 Å². The maximum Gasteiger partial charge on any atom is 0.247 e. The first kappa shape index (κ1) is 16.7. The van der Waals surface area contributed by atoms with Crippen LogP contribution in [0.1, 0.15) is 50.0 Å². The van der Waals surface area contributed by atoms with Gasteiger partial charge in [0.15, 0.2) is 5.82 Å². The molecule has 0 saturated heterocycles. The Hall–Kier alpha value is -2.14. The number of aryl methyl sites for hydroxylation is 1. The summed E-state index contributed by atoms with van der Waals surface area (Å²) >= 11 is 0. The Labute approximate surface area is 142 Å². The van der Waals surface area contributed by atoms with Crippen LogP contribution in [0.15, 0.2) is 40.9 Å². The van der Waals surface area contributed by atoms with Gasteiger partial charge in [0.25, 0.3) is 0 Å². The largest absolute Gasteiger partial charge is 0.360 e. The fourth-order valence-electron chi connectivity index (χ4n) is 3.25. The first-order chi connectivity index (χ1) is 11.6. The van der Waals surface area contributed by atoms with E-state index in [1.165, 1.54) is 12.8 Å². The van der Waals surface area contributed by atoms with Crippen LogP contribution in [0.5, 0.6) is 0 Å². The zero-order chi connectivity index (χ0) is 16.9. The van der Waals surface area contributed by atoms with Crippen molar-refractivity contribution in [2.75, 3.05) is 5.32 Å². The zero-order valence-corrected chi connectivity index (χ0v) is 14.3. The van der Waals surface area contributed by atoms with Gasteiger partial charge in [0.2, 0.25) is 5.91 Å². The molecule has 5 nitrogen and oxygen atoms in total. The summed E-state index contributed by atoms with van der Waals surface area (Å²) in [5.41, 5.74) is 0.967. The molecule has 1 aromatic heterocycles. The van der Waals surface area contributed by atoms with Crippen molar-refractivity contribution in [2.45, 2.75) is 51.6 Å². The lowest BCUT2D eigenvalue weighted by Crippen LogP contribution is -2.41. The van der Waals surface area contributed by atoms with Crippen molar-refractivity contribution in [3.05, 3.63) is 47.7 Å². The second kappa shape index (κ2) is 7.62. The lowest BCUT2D eigenvalue weighted by Gasteiger charge is -2.30. The number of nitrogens with one attached hydrogen (secondary N) is 2. The molecule has 1 aromatic carbocycles. The summed E-state index contributed by atoms with van der Waals surface area (Å²) in [4.78, 5) is 12.8. The number of benzene rings is 1. The van der Waals surface area contributed by atoms with Gasteiger partial charge in [-0.15, -0.1) is 0 Å². The van der Waals surface area contributed by atoms with E-state index in [9.17, 15) is 4.79 Å².